The molecule has 0 unspecified atom stereocenters. The Morgan fingerprint density at radius 1 is 1.22 bits per heavy atom. The number of hydrogen-bond acceptors (Lipinski definition) is 5. The summed E-state index contributed by atoms with van der Waals surface area (Å²) in [4.78, 5) is 30.8. The molecule has 0 aliphatic heterocycles. The van der Waals surface area contributed by atoms with Crippen molar-refractivity contribution in [3.8, 4) is 5.75 Å². The van der Waals surface area contributed by atoms with Gasteiger partial charge in [-0.2, -0.15) is 0 Å². The van der Waals surface area contributed by atoms with Gasteiger partial charge in [0.1, 0.15) is 5.75 Å². The first kappa shape index (κ1) is 12.3. The molecule has 0 saturated carbocycles. The monoisotopic (exact) mass is 254 g/mol. The zero-order chi connectivity index (χ0) is 13.3. The molecule has 3 rings (SSSR count). The van der Waals surface area contributed by atoms with E-state index in [0.717, 1.165) is 0 Å². The maximum Gasteiger partial charge on any atom is 0.348 e. The third kappa shape index (κ3) is 1.69. The summed E-state index contributed by atoms with van der Waals surface area (Å²) in [6.07, 6.45) is 0. The van der Waals surface area contributed by atoms with E-state index in [0.29, 0.717) is 16.9 Å². The number of methoxy groups -OCH3 is 1. The van der Waals surface area contributed by atoms with E-state index in [-0.39, 0.29) is 0 Å². The van der Waals surface area contributed by atoms with Crippen LogP contribution in [0.15, 0.2) is 18.2 Å². The minimum Gasteiger partial charge on any atom is -0.497 e. The summed E-state index contributed by atoms with van der Waals surface area (Å²) < 4.78 is 4.97. The Kier molecular flexibility index (Phi) is 2.93. The van der Waals surface area contributed by atoms with Gasteiger partial charge in [-0.05, 0) is 18.2 Å². The lowest BCUT2D eigenvalue weighted by molar-refractivity contribution is -0.348. The molecule has 0 saturated heterocycles. The Morgan fingerprint density at radius 3 is 2.28 bits per heavy atom. The Labute approximate surface area is 101 Å². The van der Waals surface area contributed by atoms with Crippen molar-refractivity contribution in [1.82, 2.24) is 0 Å². The first-order valence-electron chi connectivity index (χ1n) is 4.96. The van der Waals surface area contributed by atoms with Crippen LogP contribution in [0.25, 0.3) is 0 Å². The molecule has 2 aliphatic carbocycles. The smallest absolute Gasteiger partial charge is 0.348 e. The van der Waals surface area contributed by atoms with Gasteiger partial charge in [0.15, 0.2) is 6.61 Å². The second kappa shape index (κ2) is 4.28. The standard InChI is InChI=1S/C11H10O7/c1-16-8-3-6-2-7(4-8)11(6,10(14)15)18-17-5-9(12)13/h2-4H,5H2,1H3,(H,12,13)(H,14,15). The molecule has 0 spiro atoms. The van der Waals surface area contributed by atoms with Gasteiger partial charge >= 0.3 is 11.9 Å². The average Bonchev–Trinajstić information content (AvgIpc) is 2.33. The number of fused-ring (bicyclic) bond motifs is 2. The van der Waals surface area contributed by atoms with Gasteiger partial charge in [-0.3, -0.25) is 0 Å². The van der Waals surface area contributed by atoms with Crippen LogP contribution in [-0.2, 0) is 25.0 Å². The topological polar surface area (TPSA) is 102 Å². The van der Waals surface area contributed by atoms with Crippen LogP contribution in [0.2, 0.25) is 0 Å². The Balaban J connectivity index is 2.20. The number of ether oxygens (including phenoxy) is 1. The quantitative estimate of drug-likeness (QED) is 0.558. The number of aliphatic carboxylic acids is 2. The fourth-order valence-corrected chi connectivity index (χ4v) is 1.76. The molecule has 0 radical (unpaired) electrons. The van der Waals surface area contributed by atoms with Gasteiger partial charge in [0.05, 0.1) is 7.11 Å². The number of carboxylic acid groups (broad SMARTS) is 2. The zero-order valence-corrected chi connectivity index (χ0v) is 9.37. The Hall–Kier alpha value is -2.12. The molecule has 0 atom stereocenters. The highest BCUT2D eigenvalue weighted by Crippen LogP contribution is 2.46. The highest BCUT2D eigenvalue weighted by Gasteiger charge is 2.53. The summed E-state index contributed by atoms with van der Waals surface area (Å²) in [5.74, 6) is -2.03. The molecule has 0 aromatic heterocycles. The molecule has 1 aromatic rings. The molecular formula is C11H10O7. The fraction of sp³-hybridized carbons (Fsp3) is 0.273. The van der Waals surface area contributed by atoms with Gasteiger partial charge in [-0.15, -0.1) is 0 Å². The predicted molar refractivity (Wildman–Crippen MR) is 56.1 cm³/mol. The molecule has 96 valence electrons. The van der Waals surface area contributed by atoms with E-state index >= 15 is 0 Å². The summed E-state index contributed by atoms with van der Waals surface area (Å²) in [6, 6.07) is 4.58. The van der Waals surface area contributed by atoms with Crippen molar-refractivity contribution < 1.29 is 34.3 Å². The molecule has 7 heteroatoms. The minimum absolute atomic E-state index is 0.342. The van der Waals surface area contributed by atoms with Crippen LogP contribution in [0.1, 0.15) is 11.1 Å². The van der Waals surface area contributed by atoms with E-state index in [4.69, 9.17) is 14.7 Å². The van der Waals surface area contributed by atoms with E-state index < -0.39 is 24.1 Å². The third-order valence-electron chi connectivity index (χ3n) is 2.62. The fourth-order valence-electron chi connectivity index (χ4n) is 1.76. The maximum absolute atomic E-state index is 11.3. The molecule has 2 aliphatic rings. The van der Waals surface area contributed by atoms with Crippen LogP contribution in [0, 0.1) is 0 Å². The summed E-state index contributed by atoms with van der Waals surface area (Å²) in [6.45, 7) is -0.740. The van der Waals surface area contributed by atoms with E-state index in [1.54, 1.807) is 6.07 Å². The Morgan fingerprint density at radius 2 is 1.83 bits per heavy atom. The van der Waals surface area contributed by atoms with Crippen molar-refractivity contribution in [1.29, 1.82) is 0 Å². The van der Waals surface area contributed by atoms with Crippen molar-refractivity contribution >= 4 is 11.9 Å². The van der Waals surface area contributed by atoms with Crippen LogP contribution in [0.5, 0.6) is 5.75 Å². The van der Waals surface area contributed by atoms with Crippen molar-refractivity contribution in [2.75, 3.05) is 13.7 Å². The molecule has 2 N–H and O–H groups in total. The van der Waals surface area contributed by atoms with E-state index in [9.17, 15) is 14.7 Å². The van der Waals surface area contributed by atoms with Gasteiger partial charge in [-0.25, -0.2) is 19.4 Å². The van der Waals surface area contributed by atoms with Gasteiger partial charge in [0.2, 0.25) is 5.60 Å². The van der Waals surface area contributed by atoms with Crippen LogP contribution in [0.4, 0.5) is 0 Å². The summed E-state index contributed by atoms with van der Waals surface area (Å²) >= 11 is 0. The summed E-state index contributed by atoms with van der Waals surface area (Å²) in [7, 11) is 1.46. The van der Waals surface area contributed by atoms with Crippen LogP contribution in [-0.4, -0.2) is 35.9 Å². The lowest BCUT2D eigenvalue weighted by atomic mass is 9.76. The highest BCUT2D eigenvalue weighted by atomic mass is 17.2. The summed E-state index contributed by atoms with van der Waals surface area (Å²) in [5.41, 5.74) is -1.07. The second-order valence-electron chi connectivity index (χ2n) is 3.68. The first-order valence-corrected chi connectivity index (χ1v) is 4.96. The minimum atomic E-state index is -1.75. The van der Waals surface area contributed by atoms with Crippen molar-refractivity contribution in [3.63, 3.8) is 0 Å². The van der Waals surface area contributed by atoms with Crippen LogP contribution < -0.4 is 4.74 Å². The molecule has 0 fully saturated rings. The number of hydrogen-bond donors (Lipinski definition) is 2. The largest absolute Gasteiger partial charge is 0.497 e. The van der Waals surface area contributed by atoms with Gasteiger partial charge in [0.25, 0.3) is 0 Å². The van der Waals surface area contributed by atoms with Gasteiger partial charge in [-0.1, -0.05) is 0 Å². The molecule has 0 heterocycles. The normalized spacial score (nSPS) is 14.7. The van der Waals surface area contributed by atoms with E-state index in [2.05, 4.69) is 4.89 Å². The molecule has 2 bridgehead atoms. The van der Waals surface area contributed by atoms with Crippen molar-refractivity contribution in [2.45, 2.75) is 5.60 Å². The lowest BCUT2D eigenvalue weighted by Gasteiger charge is -2.36. The highest BCUT2D eigenvalue weighted by molar-refractivity contribution is 5.88. The average molecular weight is 254 g/mol. The Bertz CT molecular complexity index is 486. The maximum atomic E-state index is 11.3. The van der Waals surface area contributed by atoms with E-state index in [1.807, 2.05) is 0 Å². The molecule has 7 nitrogen and oxygen atoms in total. The van der Waals surface area contributed by atoms with E-state index in [1.165, 1.54) is 19.2 Å². The number of rotatable bonds is 6. The third-order valence-corrected chi connectivity index (χ3v) is 2.62. The van der Waals surface area contributed by atoms with Gasteiger partial charge < -0.3 is 14.9 Å². The molecule has 0 amide bonds. The van der Waals surface area contributed by atoms with Gasteiger partial charge in [0, 0.05) is 11.1 Å². The molecule has 18 heavy (non-hydrogen) atoms. The van der Waals surface area contributed by atoms with Crippen molar-refractivity contribution in [3.05, 3.63) is 29.3 Å². The molecule has 1 aromatic carbocycles. The molecular weight excluding hydrogens is 244 g/mol. The first-order chi connectivity index (χ1) is 8.50. The SMILES string of the molecule is COc1cc2cc(c1)C2(OOCC(=O)O)C(=O)O. The predicted octanol–water partition coefficient (Wildman–Crippen LogP) is 0.370. The summed E-state index contributed by atoms with van der Waals surface area (Å²) in [5, 5.41) is 17.6. The number of benzene rings is 1. The zero-order valence-electron chi connectivity index (χ0n) is 9.37. The van der Waals surface area contributed by atoms with Crippen molar-refractivity contribution in [2.24, 2.45) is 0 Å². The van der Waals surface area contributed by atoms with Crippen LogP contribution >= 0.6 is 0 Å². The van der Waals surface area contributed by atoms with Crippen LogP contribution in [0.3, 0.4) is 0 Å². The second-order valence-corrected chi connectivity index (χ2v) is 3.68. The lowest BCUT2D eigenvalue weighted by Crippen LogP contribution is -2.45. The number of carbonyl (C=O) groups is 2. The number of carboxylic acids is 2.